The first-order valence-corrected chi connectivity index (χ1v) is 5.08. The molecule has 0 spiro atoms. The highest BCUT2D eigenvalue weighted by molar-refractivity contribution is 5.51. The topological polar surface area (TPSA) is 52.0 Å². The molecule has 0 aromatic heterocycles. The zero-order valence-corrected chi connectivity index (χ0v) is 10.2. The van der Waals surface area contributed by atoms with Crippen LogP contribution in [0, 0.1) is 0 Å². The molecule has 0 heterocycles. The van der Waals surface area contributed by atoms with E-state index in [4.69, 9.17) is 11.5 Å². The first-order valence-electron chi connectivity index (χ1n) is 5.08. The summed E-state index contributed by atoms with van der Waals surface area (Å²) >= 11 is 0. The highest BCUT2D eigenvalue weighted by atomic mass is 14.9. The van der Waals surface area contributed by atoms with Crippen LogP contribution in [0.1, 0.15) is 41.5 Å². The quantitative estimate of drug-likeness (QED) is 0.620. The van der Waals surface area contributed by atoms with Gasteiger partial charge in [0.05, 0.1) is 11.1 Å². The number of nitrogens with two attached hydrogens (primary N) is 2. The van der Waals surface area contributed by atoms with Crippen LogP contribution >= 0.6 is 0 Å². The Kier molecular flexibility index (Phi) is 2.41. The van der Waals surface area contributed by atoms with Crippen molar-refractivity contribution in [3.63, 3.8) is 0 Å². The van der Waals surface area contributed by atoms with Crippen LogP contribution in [0.15, 0.2) is 22.3 Å². The Bertz CT molecular complexity index is 296. The molecule has 0 amide bonds. The van der Waals surface area contributed by atoms with Gasteiger partial charge in [-0.15, -0.1) is 0 Å². The molecule has 0 aliphatic heterocycles. The Hall–Kier alpha value is -0.600. The summed E-state index contributed by atoms with van der Waals surface area (Å²) in [6.45, 7) is 12.4. The van der Waals surface area contributed by atoms with Crippen LogP contribution in [0.2, 0.25) is 0 Å². The first-order chi connectivity index (χ1) is 6.14. The molecule has 14 heavy (non-hydrogen) atoms. The molecule has 80 valence electrons. The highest BCUT2D eigenvalue weighted by Crippen LogP contribution is 2.40. The largest absolute Gasteiger partial charge is 0.320 e. The van der Waals surface area contributed by atoms with Gasteiger partial charge in [-0.3, -0.25) is 0 Å². The third-order valence-electron chi connectivity index (χ3n) is 4.32. The molecule has 1 rings (SSSR count). The van der Waals surface area contributed by atoms with Gasteiger partial charge in [-0.1, -0.05) is 0 Å². The Morgan fingerprint density at radius 3 is 1.14 bits per heavy atom. The van der Waals surface area contributed by atoms with E-state index in [1.54, 1.807) is 0 Å². The minimum absolute atomic E-state index is 0.444. The van der Waals surface area contributed by atoms with E-state index in [1.165, 1.54) is 22.3 Å². The van der Waals surface area contributed by atoms with Crippen molar-refractivity contribution < 1.29 is 0 Å². The van der Waals surface area contributed by atoms with Crippen molar-refractivity contribution in [3.05, 3.63) is 22.3 Å². The normalized spacial score (nSPS) is 39.4. The maximum absolute atomic E-state index is 6.33. The molecule has 0 saturated carbocycles. The highest BCUT2D eigenvalue weighted by Gasteiger charge is 2.45. The van der Waals surface area contributed by atoms with Gasteiger partial charge in [-0.25, -0.2) is 0 Å². The fraction of sp³-hybridized carbons (Fsp3) is 0.667. The average molecular weight is 194 g/mol. The zero-order chi connectivity index (χ0) is 11.3. The summed E-state index contributed by atoms with van der Waals surface area (Å²) in [5.41, 5.74) is 16.7. The summed E-state index contributed by atoms with van der Waals surface area (Å²) in [7, 11) is 0. The molecule has 2 nitrogen and oxygen atoms in total. The molecular formula is C12H22N2. The SMILES string of the molecule is CC1=C(C)C(C)(N)C(C)(N)C(C)=C1C. The van der Waals surface area contributed by atoms with Crippen LogP contribution in [0.3, 0.4) is 0 Å². The third-order valence-corrected chi connectivity index (χ3v) is 4.32. The molecule has 1 aliphatic rings. The van der Waals surface area contributed by atoms with Gasteiger partial charge in [0.25, 0.3) is 0 Å². The van der Waals surface area contributed by atoms with Crippen molar-refractivity contribution in [3.8, 4) is 0 Å². The fourth-order valence-corrected chi connectivity index (χ4v) is 2.12. The summed E-state index contributed by atoms with van der Waals surface area (Å²) < 4.78 is 0. The number of hydrogen-bond donors (Lipinski definition) is 2. The Labute approximate surface area is 87.0 Å². The van der Waals surface area contributed by atoms with Crippen LogP contribution in [0.5, 0.6) is 0 Å². The molecule has 0 aromatic carbocycles. The number of allylic oxidation sites excluding steroid dienone is 2. The number of hydrogen-bond acceptors (Lipinski definition) is 2. The van der Waals surface area contributed by atoms with E-state index in [2.05, 4.69) is 27.7 Å². The van der Waals surface area contributed by atoms with Gasteiger partial charge in [0.1, 0.15) is 0 Å². The van der Waals surface area contributed by atoms with Gasteiger partial charge >= 0.3 is 0 Å². The van der Waals surface area contributed by atoms with E-state index in [-0.39, 0.29) is 0 Å². The lowest BCUT2D eigenvalue weighted by Gasteiger charge is -2.47. The van der Waals surface area contributed by atoms with E-state index in [0.29, 0.717) is 0 Å². The first kappa shape index (κ1) is 11.5. The summed E-state index contributed by atoms with van der Waals surface area (Å²) in [4.78, 5) is 0. The molecule has 0 fully saturated rings. The molecule has 0 bridgehead atoms. The lowest BCUT2D eigenvalue weighted by molar-refractivity contribution is 0.338. The van der Waals surface area contributed by atoms with Gasteiger partial charge in [-0.05, 0) is 63.8 Å². The van der Waals surface area contributed by atoms with Crippen LogP contribution in [0.25, 0.3) is 0 Å². The lowest BCUT2D eigenvalue weighted by atomic mass is 9.65. The summed E-state index contributed by atoms with van der Waals surface area (Å²) in [5, 5.41) is 0. The van der Waals surface area contributed by atoms with Crippen molar-refractivity contribution >= 4 is 0 Å². The molecule has 2 atom stereocenters. The van der Waals surface area contributed by atoms with Gasteiger partial charge in [0.15, 0.2) is 0 Å². The molecule has 2 heteroatoms. The minimum atomic E-state index is -0.444. The fourth-order valence-electron chi connectivity index (χ4n) is 2.12. The van der Waals surface area contributed by atoms with Crippen molar-refractivity contribution in [1.82, 2.24) is 0 Å². The van der Waals surface area contributed by atoms with Crippen LogP contribution < -0.4 is 11.5 Å². The Morgan fingerprint density at radius 1 is 0.714 bits per heavy atom. The zero-order valence-electron chi connectivity index (χ0n) is 10.2. The Balaban J connectivity index is 3.48. The van der Waals surface area contributed by atoms with Crippen molar-refractivity contribution in [2.75, 3.05) is 0 Å². The molecular weight excluding hydrogens is 172 g/mol. The third kappa shape index (κ3) is 1.17. The second kappa shape index (κ2) is 2.94. The van der Waals surface area contributed by atoms with E-state index in [9.17, 15) is 0 Å². The second-order valence-electron chi connectivity index (χ2n) is 4.90. The monoisotopic (exact) mass is 194 g/mol. The van der Waals surface area contributed by atoms with Gasteiger partial charge in [0, 0.05) is 0 Å². The average Bonchev–Trinajstić information content (AvgIpc) is 2.10. The van der Waals surface area contributed by atoms with E-state index >= 15 is 0 Å². The predicted octanol–water partition coefficient (Wildman–Crippen LogP) is 2.11. The van der Waals surface area contributed by atoms with E-state index < -0.39 is 11.1 Å². The smallest absolute Gasteiger partial charge is 0.0562 e. The molecule has 0 saturated heterocycles. The van der Waals surface area contributed by atoms with Crippen molar-refractivity contribution in [2.45, 2.75) is 52.6 Å². The molecule has 0 aromatic rings. The summed E-state index contributed by atoms with van der Waals surface area (Å²) in [6, 6.07) is 0. The lowest BCUT2D eigenvalue weighted by Crippen LogP contribution is -2.65. The van der Waals surface area contributed by atoms with E-state index in [0.717, 1.165) is 0 Å². The second-order valence-corrected chi connectivity index (χ2v) is 4.90. The number of rotatable bonds is 0. The maximum Gasteiger partial charge on any atom is 0.0562 e. The van der Waals surface area contributed by atoms with Crippen LogP contribution in [-0.4, -0.2) is 11.1 Å². The Morgan fingerprint density at radius 2 is 0.929 bits per heavy atom. The molecule has 0 radical (unpaired) electrons. The van der Waals surface area contributed by atoms with Crippen LogP contribution in [0.4, 0.5) is 0 Å². The minimum Gasteiger partial charge on any atom is -0.320 e. The van der Waals surface area contributed by atoms with Gasteiger partial charge in [-0.2, -0.15) is 0 Å². The maximum atomic E-state index is 6.33. The summed E-state index contributed by atoms with van der Waals surface area (Å²) in [5.74, 6) is 0. The van der Waals surface area contributed by atoms with Gasteiger partial charge < -0.3 is 11.5 Å². The molecule has 2 unspecified atom stereocenters. The van der Waals surface area contributed by atoms with Crippen LogP contribution in [-0.2, 0) is 0 Å². The van der Waals surface area contributed by atoms with Gasteiger partial charge in [0.2, 0.25) is 0 Å². The molecule has 4 N–H and O–H groups in total. The standard InChI is InChI=1S/C12H22N2/c1-7-8(2)10(4)12(6,14)11(5,13)9(7)3/h13-14H2,1-6H3. The van der Waals surface area contributed by atoms with E-state index in [1.807, 2.05) is 13.8 Å². The van der Waals surface area contributed by atoms with Crippen molar-refractivity contribution in [2.24, 2.45) is 11.5 Å². The summed E-state index contributed by atoms with van der Waals surface area (Å²) in [6.07, 6.45) is 0. The predicted molar refractivity (Wildman–Crippen MR) is 61.9 cm³/mol. The van der Waals surface area contributed by atoms with Crippen molar-refractivity contribution in [1.29, 1.82) is 0 Å². The molecule has 1 aliphatic carbocycles.